The van der Waals surface area contributed by atoms with Gasteiger partial charge in [0.25, 0.3) is 5.91 Å². The van der Waals surface area contributed by atoms with Crippen molar-refractivity contribution in [1.29, 1.82) is 0 Å². The molecule has 0 saturated heterocycles. The minimum atomic E-state index is -0.663. The number of ether oxygens (including phenoxy) is 2. The van der Waals surface area contributed by atoms with Gasteiger partial charge >= 0.3 is 11.9 Å². The monoisotopic (exact) mass is 379 g/mol. The molecule has 2 aromatic rings. The van der Waals surface area contributed by atoms with Crippen molar-refractivity contribution in [2.45, 2.75) is 37.8 Å². The van der Waals surface area contributed by atoms with E-state index >= 15 is 0 Å². The van der Waals surface area contributed by atoms with Crippen molar-refractivity contribution in [3.05, 3.63) is 70.8 Å². The van der Waals surface area contributed by atoms with Crippen molar-refractivity contribution in [1.82, 2.24) is 5.32 Å². The third-order valence-corrected chi connectivity index (χ3v) is 5.20. The lowest BCUT2D eigenvalue weighted by Crippen LogP contribution is -2.34. The number of hydrogen-bond acceptors (Lipinski definition) is 5. The standard InChI is InChI=1S/C22H21NO5/c24-20(23-18-11-5-7-14-6-1-2-8-15(14)18)13-27-21(25)12-19-16-9-3-4-10-17(16)22(26)28-19/h1-4,6,8-10,18-19H,5,7,11-13H2,(H,23,24)/t18-,19+/m1/s1. The molecule has 1 N–H and O–H groups in total. The third kappa shape index (κ3) is 3.76. The maximum absolute atomic E-state index is 12.2. The molecule has 1 aliphatic carbocycles. The average Bonchev–Trinajstić information content (AvgIpc) is 3.02. The van der Waals surface area contributed by atoms with Crippen molar-refractivity contribution in [2.24, 2.45) is 0 Å². The first kappa shape index (κ1) is 18.2. The van der Waals surface area contributed by atoms with Gasteiger partial charge in [-0.15, -0.1) is 0 Å². The fourth-order valence-corrected chi connectivity index (χ4v) is 3.87. The van der Waals surface area contributed by atoms with Gasteiger partial charge in [-0.1, -0.05) is 42.5 Å². The Morgan fingerprint density at radius 1 is 1.07 bits per heavy atom. The SMILES string of the molecule is O=C(COC(=O)C[C@@H]1OC(=O)c2ccccc21)N[C@@H]1CCCc2ccccc21. The summed E-state index contributed by atoms with van der Waals surface area (Å²) in [5.74, 6) is -1.35. The summed E-state index contributed by atoms with van der Waals surface area (Å²) in [6, 6.07) is 15.0. The molecule has 4 rings (SSSR count). The molecule has 144 valence electrons. The second kappa shape index (κ2) is 7.84. The summed E-state index contributed by atoms with van der Waals surface area (Å²) in [6.45, 7) is -0.347. The van der Waals surface area contributed by atoms with Gasteiger partial charge in [-0.25, -0.2) is 4.79 Å². The second-order valence-electron chi connectivity index (χ2n) is 7.06. The quantitative estimate of drug-likeness (QED) is 0.808. The zero-order valence-corrected chi connectivity index (χ0v) is 15.4. The topological polar surface area (TPSA) is 81.7 Å². The van der Waals surface area contributed by atoms with Crippen LogP contribution in [0.2, 0.25) is 0 Å². The fraction of sp³-hybridized carbons (Fsp3) is 0.318. The molecule has 0 bridgehead atoms. The van der Waals surface area contributed by atoms with Gasteiger partial charge < -0.3 is 14.8 Å². The van der Waals surface area contributed by atoms with E-state index in [0.29, 0.717) is 11.1 Å². The minimum Gasteiger partial charge on any atom is -0.455 e. The van der Waals surface area contributed by atoms with Crippen molar-refractivity contribution < 1.29 is 23.9 Å². The van der Waals surface area contributed by atoms with Gasteiger partial charge in [-0.3, -0.25) is 9.59 Å². The molecule has 1 amide bonds. The smallest absolute Gasteiger partial charge is 0.339 e. The summed E-state index contributed by atoms with van der Waals surface area (Å²) in [5.41, 5.74) is 3.52. The van der Waals surface area contributed by atoms with E-state index in [1.807, 2.05) is 18.2 Å². The van der Waals surface area contributed by atoms with Crippen LogP contribution in [0, 0.1) is 0 Å². The van der Waals surface area contributed by atoms with Crippen molar-refractivity contribution in [3.63, 3.8) is 0 Å². The van der Waals surface area contributed by atoms with Crippen LogP contribution in [-0.2, 0) is 25.5 Å². The average molecular weight is 379 g/mol. The first-order chi connectivity index (χ1) is 13.6. The van der Waals surface area contributed by atoms with Crippen LogP contribution in [0.1, 0.15) is 58.5 Å². The number of cyclic esters (lactones) is 1. The highest BCUT2D eigenvalue weighted by Crippen LogP contribution is 2.33. The highest BCUT2D eigenvalue weighted by Gasteiger charge is 2.32. The Kier molecular flexibility index (Phi) is 5.10. The summed E-state index contributed by atoms with van der Waals surface area (Å²) < 4.78 is 10.3. The number of carbonyl (C=O) groups is 3. The molecule has 6 heteroatoms. The predicted molar refractivity (Wildman–Crippen MR) is 100 cm³/mol. The molecule has 0 fully saturated rings. The Balaban J connectivity index is 1.29. The number of rotatable bonds is 5. The predicted octanol–water partition coefficient (Wildman–Crippen LogP) is 3.03. The van der Waals surface area contributed by atoms with E-state index in [4.69, 9.17) is 9.47 Å². The molecule has 0 saturated carbocycles. The molecular weight excluding hydrogens is 358 g/mol. The van der Waals surface area contributed by atoms with Gasteiger partial charge in [-0.2, -0.15) is 0 Å². The molecule has 0 radical (unpaired) electrons. The highest BCUT2D eigenvalue weighted by molar-refractivity contribution is 5.94. The Bertz CT molecular complexity index is 923. The molecular formula is C22H21NO5. The lowest BCUT2D eigenvalue weighted by Gasteiger charge is -2.26. The van der Waals surface area contributed by atoms with Crippen LogP contribution in [0.15, 0.2) is 48.5 Å². The number of aryl methyl sites for hydroxylation is 1. The van der Waals surface area contributed by atoms with E-state index in [1.54, 1.807) is 24.3 Å². The highest BCUT2D eigenvalue weighted by atomic mass is 16.6. The van der Waals surface area contributed by atoms with Gasteiger partial charge in [0.05, 0.1) is 18.0 Å². The molecule has 0 aromatic heterocycles. The van der Waals surface area contributed by atoms with Crippen LogP contribution < -0.4 is 5.32 Å². The van der Waals surface area contributed by atoms with E-state index in [-0.39, 0.29) is 25.0 Å². The number of amides is 1. The minimum absolute atomic E-state index is 0.0567. The van der Waals surface area contributed by atoms with Crippen molar-refractivity contribution in [3.8, 4) is 0 Å². The zero-order chi connectivity index (χ0) is 19.5. The lowest BCUT2D eigenvalue weighted by atomic mass is 9.88. The number of fused-ring (bicyclic) bond motifs is 2. The van der Waals surface area contributed by atoms with E-state index in [0.717, 1.165) is 24.8 Å². The van der Waals surface area contributed by atoms with Gasteiger partial charge in [0, 0.05) is 5.56 Å². The van der Waals surface area contributed by atoms with Gasteiger partial charge in [0.15, 0.2) is 6.61 Å². The number of esters is 2. The Hall–Kier alpha value is -3.15. The molecule has 2 aliphatic rings. The van der Waals surface area contributed by atoms with E-state index in [9.17, 15) is 14.4 Å². The molecule has 2 atom stereocenters. The van der Waals surface area contributed by atoms with Crippen LogP contribution in [0.3, 0.4) is 0 Å². The zero-order valence-electron chi connectivity index (χ0n) is 15.4. The number of nitrogens with one attached hydrogen (secondary N) is 1. The molecule has 2 aromatic carbocycles. The van der Waals surface area contributed by atoms with E-state index in [1.165, 1.54) is 5.56 Å². The summed E-state index contributed by atoms with van der Waals surface area (Å²) in [7, 11) is 0. The molecule has 28 heavy (non-hydrogen) atoms. The summed E-state index contributed by atoms with van der Waals surface area (Å²) in [4.78, 5) is 36.2. The van der Waals surface area contributed by atoms with Crippen LogP contribution in [0.25, 0.3) is 0 Å². The molecule has 0 spiro atoms. The number of benzene rings is 2. The maximum Gasteiger partial charge on any atom is 0.339 e. The molecule has 1 heterocycles. The lowest BCUT2D eigenvalue weighted by molar-refractivity contribution is -0.150. The van der Waals surface area contributed by atoms with Crippen LogP contribution in [0.5, 0.6) is 0 Å². The van der Waals surface area contributed by atoms with Gasteiger partial charge in [-0.05, 0) is 36.5 Å². The Labute approximate surface area is 162 Å². The van der Waals surface area contributed by atoms with Gasteiger partial charge in [0.2, 0.25) is 0 Å². The summed E-state index contributed by atoms with van der Waals surface area (Å²) in [5, 5.41) is 2.95. The van der Waals surface area contributed by atoms with Crippen LogP contribution in [0.4, 0.5) is 0 Å². The normalized spacial score (nSPS) is 19.9. The Morgan fingerprint density at radius 3 is 2.68 bits per heavy atom. The molecule has 6 nitrogen and oxygen atoms in total. The largest absolute Gasteiger partial charge is 0.455 e. The number of carbonyl (C=O) groups excluding carboxylic acids is 3. The first-order valence-corrected chi connectivity index (χ1v) is 9.44. The van der Waals surface area contributed by atoms with E-state index in [2.05, 4.69) is 11.4 Å². The van der Waals surface area contributed by atoms with Crippen molar-refractivity contribution >= 4 is 17.8 Å². The fourth-order valence-electron chi connectivity index (χ4n) is 3.87. The summed E-state index contributed by atoms with van der Waals surface area (Å²) in [6.07, 6.45) is 2.12. The Morgan fingerprint density at radius 2 is 1.82 bits per heavy atom. The van der Waals surface area contributed by atoms with Crippen LogP contribution in [-0.4, -0.2) is 24.5 Å². The second-order valence-corrected chi connectivity index (χ2v) is 7.06. The maximum atomic E-state index is 12.2. The third-order valence-electron chi connectivity index (χ3n) is 5.20. The van der Waals surface area contributed by atoms with Gasteiger partial charge in [0.1, 0.15) is 6.10 Å². The molecule has 1 aliphatic heterocycles. The molecule has 0 unspecified atom stereocenters. The number of hydrogen-bond donors (Lipinski definition) is 1. The first-order valence-electron chi connectivity index (χ1n) is 9.44. The van der Waals surface area contributed by atoms with Crippen LogP contribution >= 0.6 is 0 Å². The summed E-state index contributed by atoms with van der Waals surface area (Å²) >= 11 is 0. The van der Waals surface area contributed by atoms with E-state index < -0.39 is 18.0 Å². The van der Waals surface area contributed by atoms with Crippen molar-refractivity contribution in [2.75, 3.05) is 6.61 Å².